The fraction of sp³-hybridized carbons (Fsp3) is 0.0222. The molecule has 0 unspecified atom stereocenters. The third-order valence-corrected chi connectivity index (χ3v) is 28.9. The summed E-state index contributed by atoms with van der Waals surface area (Å²) in [5.41, 5.74) is 37.0. The fourth-order valence-electron chi connectivity index (χ4n) is 22.6. The average molecular weight is 1880 g/mol. The maximum absolute atomic E-state index is 5.37. The molecule has 29 aromatic rings. The van der Waals surface area contributed by atoms with Gasteiger partial charge in [0.15, 0.2) is 0 Å². The predicted molar refractivity (Wildman–Crippen MR) is 610 cm³/mol. The van der Waals surface area contributed by atoms with Crippen LogP contribution in [0.4, 0.5) is 0 Å². The molecule has 0 spiro atoms. The van der Waals surface area contributed by atoms with Crippen LogP contribution >= 0.6 is 0 Å². The summed E-state index contributed by atoms with van der Waals surface area (Å²) < 4.78 is 14.1. The number of hydrogen-bond acceptors (Lipinski definition) is 6. The van der Waals surface area contributed by atoms with Crippen molar-refractivity contribution in [3.8, 4) is 125 Å². The minimum atomic E-state index is 0.638. The number of fused-ring (bicyclic) bond motifs is 21. The lowest BCUT2D eigenvalue weighted by Gasteiger charge is -2.15. The van der Waals surface area contributed by atoms with Crippen LogP contribution in [0.5, 0.6) is 0 Å². The molecule has 0 amide bonds. The van der Waals surface area contributed by atoms with Gasteiger partial charge in [-0.05, 0) is 151 Å². The number of para-hydroxylation sites is 6. The maximum atomic E-state index is 5.37. The molecule has 0 saturated carbocycles. The summed E-state index contributed by atoms with van der Waals surface area (Å²) in [6.07, 6.45) is 0. The highest BCUT2D eigenvalue weighted by Crippen LogP contribution is 2.50. The van der Waals surface area contributed by atoms with Gasteiger partial charge in [0, 0.05) is 109 Å². The Bertz CT molecular complexity index is 9840. The van der Waals surface area contributed by atoms with Gasteiger partial charge in [-0.15, -0.1) is 0 Å². The lowest BCUT2D eigenvalue weighted by Crippen LogP contribution is -2.04. The van der Waals surface area contributed by atoms with Crippen molar-refractivity contribution in [3.63, 3.8) is 0 Å². The second-order valence-corrected chi connectivity index (χ2v) is 37.7. The lowest BCUT2D eigenvalue weighted by atomic mass is 9.99. The molecule has 0 N–H and O–H groups in total. The summed E-state index contributed by atoms with van der Waals surface area (Å²) in [6, 6.07) is 178. The molecule has 0 aliphatic carbocycles. The van der Waals surface area contributed by atoms with Gasteiger partial charge in [-0.3, -0.25) is 13.7 Å². The van der Waals surface area contributed by atoms with E-state index in [0.29, 0.717) is 17.8 Å². The Kier molecular flexibility index (Phi) is 21.3. The van der Waals surface area contributed by atoms with E-state index in [1.54, 1.807) is 0 Å². The van der Waals surface area contributed by atoms with Crippen molar-refractivity contribution < 1.29 is 0 Å². The van der Waals surface area contributed by atoms with Gasteiger partial charge in [0.05, 0.1) is 106 Å². The van der Waals surface area contributed by atoms with Gasteiger partial charge in [0.2, 0.25) is 17.8 Å². The van der Waals surface area contributed by atoms with Crippen molar-refractivity contribution in [1.82, 2.24) is 57.3 Å². The summed E-state index contributed by atoms with van der Waals surface area (Å²) in [4.78, 5) is 32.1. The molecular weight excluding hydrogens is 1790 g/mol. The van der Waals surface area contributed by atoms with E-state index in [0.717, 1.165) is 156 Å². The highest BCUT2D eigenvalue weighted by atomic mass is 15.2. The third kappa shape index (κ3) is 14.9. The monoisotopic (exact) mass is 1880 g/mol. The van der Waals surface area contributed by atoms with Crippen molar-refractivity contribution in [2.75, 3.05) is 0 Å². The van der Waals surface area contributed by atoms with Crippen molar-refractivity contribution in [2.45, 2.75) is 20.8 Å². The van der Waals surface area contributed by atoms with Crippen molar-refractivity contribution >= 4 is 131 Å². The largest absolute Gasteiger partial charge is 0.309 e. The predicted octanol–water partition coefficient (Wildman–Crippen LogP) is 34.3. The first-order valence-corrected chi connectivity index (χ1v) is 50.0. The van der Waals surface area contributed by atoms with Crippen molar-refractivity contribution in [3.05, 3.63) is 520 Å². The summed E-state index contributed by atoms with van der Waals surface area (Å²) in [5.74, 6) is 1.93. The Morgan fingerprint density at radius 3 is 0.803 bits per heavy atom. The molecule has 0 aliphatic heterocycles. The highest BCUT2D eigenvalue weighted by molar-refractivity contribution is 6.30. The van der Waals surface area contributed by atoms with E-state index in [1.165, 1.54) is 98.6 Å². The number of aryl methyl sites for hydroxylation is 3. The normalized spacial score (nSPS) is 11.6. The molecule has 0 fully saturated rings. The summed E-state index contributed by atoms with van der Waals surface area (Å²) in [7, 11) is 0. The van der Waals surface area contributed by atoms with Crippen LogP contribution in [0.2, 0.25) is 0 Å². The van der Waals surface area contributed by atoms with Gasteiger partial charge in [-0.1, -0.05) is 412 Å². The molecule has 0 saturated heterocycles. The Morgan fingerprint density at radius 1 is 0.156 bits per heavy atom. The number of benzene rings is 20. The van der Waals surface area contributed by atoms with Crippen LogP contribution in [0.3, 0.4) is 0 Å². The van der Waals surface area contributed by atoms with Crippen molar-refractivity contribution in [2.24, 2.45) is 0 Å². The SMILES string of the molecule is Cc1cc(C)c(-n2c3ccccc3c3c2ccc2c4ccccc4n(-c4nc(-c5ccccc5)cc(-c5ccccc5)n4)c23)c(C)c1.c1ccc(-c2cc(-c3ccccc3)nc(-n3c4cccc(-c5ccccc5)c4c4ccc5c(c6ccccc6n5-c5ccccc5)c43)n2)cc1.c1ccc(-c2ccc3c4ccc5c(c6ccccc6n5-c5ccccc5)c4n(-c4nc(-c5ccccc5)cc(-c5ccccc5)n4)c3c2)cc1. The molecule has 9 aromatic heterocycles. The minimum absolute atomic E-state index is 0.638. The lowest BCUT2D eigenvalue weighted by molar-refractivity contribution is 0.998. The van der Waals surface area contributed by atoms with E-state index in [-0.39, 0.29) is 0 Å². The third-order valence-electron chi connectivity index (χ3n) is 28.9. The quantitative estimate of drug-likeness (QED) is 0.107. The van der Waals surface area contributed by atoms with Crippen LogP contribution < -0.4 is 0 Å². The van der Waals surface area contributed by atoms with E-state index in [4.69, 9.17) is 29.9 Å². The molecule has 9 heterocycles. The standard InChI is InChI=1S/2C46H30N4.C43H32N4/c1-5-16-31(17-6-1)35-25-15-27-41-43(35)37-28-29-42-44(36-24-13-14-26-40(36)49(42)34-22-11-4-12-23-34)45(37)50(41)46-47-38(32-18-7-2-8-19-32)30-39(48-46)33-20-9-3-10-21-33;1-5-15-31(16-6-1)34-25-26-36-37-27-28-42-44(38-23-13-14-24-41(38)49(42)35-21-11-4-12-22-35)45(37)50(43(36)29-34)46-47-39(32-17-7-2-8-18-32)30-40(48-46)33-19-9-3-10-20-33;1-27-24-28(2)41(29(3)25-27)46-38-21-13-11-19-34(38)40-39(46)23-22-33-32-18-10-12-20-37(32)47(42(33)40)43-44-35(30-14-6-4-7-15-30)26-36(45-43)31-16-8-5-9-17-31/h2*1-30H;4-26H,1-3H3. The Morgan fingerprint density at radius 2 is 0.422 bits per heavy atom. The molecule has 692 valence electrons. The molecule has 12 heteroatoms. The fourth-order valence-corrected chi connectivity index (χ4v) is 22.6. The smallest absolute Gasteiger partial charge is 0.235 e. The van der Waals surface area contributed by atoms with Gasteiger partial charge in [0.1, 0.15) is 0 Å². The molecule has 0 aliphatic rings. The molecule has 0 radical (unpaired) electrons. The van der Waals surface area contributed by atoms with E-state index in [2.05, 4.69) is 515 Å². The molecule has 20 aromatic carbocycles. The van der Waals surface area contributed by atoms with E-state index < -0.39 is 0 Å². The van der Waals surface area contributed by atoms with Gasteiger partial charge < -0.3 is 13.7 Å². The average Bonchev–Trinajstić information content (AvgIpc) is 1.56. The van der Waals surface area contributed by atoms with Gasteiger partial charge in [-0.2, -0.15) is 0 Å². The summed E-state index contributed by atoms with van der Waals surface area (Å²) in [5, 5.41) is 14.2. The first-order valence-electron chi connectivity index (χ1n) is 50.0. The number of nitrogens with zero attached hydrogens (tertiary/aromatic N) is 12. The van der Waals surface area contributed by atoms with Crippen LogP contribution in [-0.4, -0.2) is 57.3 Å². The Balaban J connectivity index is 0.000000109. The number of rotatable bonds is 14. The van der Waals surface area contributed by atoms with Crippen LogP contribution in [0, 0.1) is 20.8 Å². The van der Waals surface area contributed by atoms with Crippen LogP contribution in [0.15, 0.2) is 504 Å². The zero-order chi connectivity index (χ0) is 97.7. The topological polar surface area (TPSA) is 107 Å². The maximum Gasteiger partial charge on any atom is 0.235 e. The molecule has 0 bridgehead atoms. The summed E-state index contributed by atoms with van der Waals surface area (Å²) >= 11 is 0. The van der Waals surface area contributed by atoms with Gasteiger partial charge in [-0.25, -0.2) is 29.9 Å². The second kappa shape index (κ2) is 36.2. The van der Waals surface area contributed by atoms with E-state index in [9.17, 15) is 0 Å². The first-order chi connectivity index (χ1) is 72.7. The van der Waals surface area contributed by atoms with Crippen molar-refractivity contribution in [1.29, 1.82) is 0 Å². The van der Waals surface area contributed by atoms with Gasteiger partial charge in [0.25, 0.3) is 0 Å². The number of hydrogen-bond donors (Lipinski definition) is 0. The minimum Gasteiger partial charge on any atom is -0.309 e. The molecule has 0 atom stereocenters. The van der Waals surface area contributed by atoms with E-state index >= 15 is 0 Å². The highest BCUT2D eigenvalue weighted by Gasteiger charge is 2.30. The molecule has 147 heavy (non-hydrogen) atoms. The Labute approximate surface area is 847 Å². The van der Waals surface area contributed by atoms with Crippen LogP contribution in [-0.2, 0) is 0 Å². The van der Waals surface area contributed by atoms with Crippen LogP contribution in [0.1, 0.15) is 16.7 Å². The number of aromatic nitrogens is 12. The summed E-state index contributed by atoms with van der Waals surface area (Å²) in [6.45, 7) is 6.61. The first kappa shape index (κ1) is 86.5. The zero-order valence-corrected chi connectivity index (χ0v) is 80.8. The second-order valence-electron chi connectivity index (χ2n) is 37.7. The Hall–Kier alpha value is -19.6. The van der Waals surface area contributed by atoms with E-state index in [1.807, 2.05) is 36.4 Å². The molecular formula is C135H92N12. The molecule has 12 nitrogen and oxygen atoms in total. The zero-order valence-electron chi connectivity index (χ0n) is 80.8. The molecule has 29 rings (SSSR count). The van der Waals surface area contributed by atoms with Crippen LogP contribution in [0.25, 0.3) is 256 Å². The van der Waals surface area contributed by atoms with Gasteiger partial charge >= 0.3 is 0 Å².